The fourth-order valence-corrected chi connectivity index (χ4v) is 6.27. The highest BCUT2D eigenvalue weighted by molar-refractivity contribution is 7.23. The number of imidazole rings is 1. The Morgan fingerprint density at radius 1 is 1.14 bits per heavy atom. The van der Waals surface area contributed by atoms with Crippen LogP contribution in [0.3, 0.4) is 0 Å². The zero-order chi connectivity index (χ0) is 25.4. The maximum atomic E-state index is 13.1. The number of rotatable bonds is 3. The smallest absolute Gasteiger partial charge is 0.255 e. The quantitative estimate of drug-likeness (QED) is 0.403. The molecule has 4 aromatic rings. The van der Waals surface area contributed by atoms with Crippen LogP contribution in [0.2, 0.25) is 0 Å². The Labute approximate surface area is 212 Å². The molecule has 36 heavy (non-hydrogen) atoms. The molecule has 4 heterocycles. The van der Waals surface area contributed by atoms with Crippen molar-refractivity contribution in [2.75, 3.05) is 5.32 Å². The Balaban J connectivity index is 1.44. The summed E-state index contributed by atoms with van der Waals surface area (Å²) in [4.78, 5) is 44.6. The van der Waals surface area contributed by atoms with Gasteiger partial charge in [0.2, 0.25) is 11.8 Å². The number of amides is 3. The lowest BCUT2D eigenvalue weighted by atomic mass is 10.0. The Morgan fingerprint density at radius 3 is 2.69 bits per heavy atom. The first kappa shape index (κ1) is 22.7. The van der Waals surface area contributed by atoms with Gasteiger partial charge in [-0.05, 0) is 63.4 Å². The molecule has 3 amide bonds. The summed E-state index contributed by atoms with van der Waals surface area (Å²) < 4.78 is 3.38. The molecular weight excluding hydrogens is 474 g/mol. The van der Waals surface area contributed by atoms with Gasteiger partial charge in [-0.25, -0.2) is 4.98 Å². The van der Waals surface area contributed by atoms with Crippen molar-refractivity contribution in [2.45, 2.75) is 58.7 Å². The maximum absolute atomic E-state index is 13.1. The van der Waals surface area contributed by atoms with Crippen LogP contribution < -0.4 is 10.6 Å². The number of carbonyl (C=O) groups excluding carboxylic acids is 3. The molecule has 9 heteroatoms. The molecule has 1 unspecified atom stereocenters. The zero-order valence-corrected chi connectivity index (χ0v) is 21.5. The number of fused-ring (bicyclic) bond motifs is 4. The fourth-order valence-electron chi connectivity index (χ4n) is 5.17. The van der Waals surface area contributed by atoms with E-state index in [2.05, 4.69) is 60.9 Å². The molecule has 1 atom stereocenters. The van der Waals surface area contributed by atoms with E-state index in [1.165, 1.54) is 10.3 Å². The van der Waals surface area contributed by atoms with Gasteiger partial charge in [0.15, 0.2) is 4.96 Å². The third-order valence-corrected chi connectivity index (χ3v) is 7.77. The number of nitrogens with one attached hydrogen (secondary N) is 2. The molecule has 2 aromatic heterocycles. The lowest BCUT2D eigenvalue weighted by Gasteiger charge is -2.29. The van der Waals surface area contributed by atoms with Crippen molar-refractivity contribution in [3.05, 3.63) is 53.1 Å². The number of hydrogen-bond acceptors (Lipinski definition) is 6. The average Bonchev–Trinajstić information content (AvgIpc) is 3.44. The van der Waals surface area contributed by atoms with Crippen LogP contribution >= 0.6 is 11.3 Å². The largest absolute Gasteiger partial charge is 0.365 e. The Morgan fingerprint density at radius 2 is 1.94 bits per heavy atom. The van der Waals surface area contributed by atoms with E-state index in [1.54, 1.807) is 16.2 Å². The third-order valence-electron chi connectivity index (χ3n) is 6.76. The normalized spacial score (nSPS) is 18.3. The summed E-state index contributed by atoms with van der Waals surface area (Å²) in [5.41, 5.74) is 5.32. The van der Waals surface area contributed by atoms with Gasteiger partial charge in [0, 0.05) is 29.6 Å². The highest BCUT2D eigenvalue weighted by atomic mass is 32.1. The number of hydrogen-bond donors (Lipinski definition) is 2. The van der Waals surface area contributed by atoms with Crippen molar-refractivity contribution in [3.63, 3.8) is 0 Å². The van der Waals surface area contributed by atoms with E-state index in [1.807, 2.05) is 18.2 Å². The molecule has 1 fully saturated rings. The topological polar surface area (TPSA) is 95.8 Å². The molecule has 2 aliphatic rings. The second kappa shape index (κ2) is 7.89. The number of thiazole rings is 1. The third kappa shape index (κ3) is 3.57. The van der Waals surface area contributed by atoms with E-state index in [0.29, 0.717) is 18.5 Å². The first-order valence-corrected chi connectivity index (χ1v) is 12.9. The van der Waals surface area contributed by atoms with Gasteiger partial charge in [0.05, 0.1) is 10.2 Å². The van der Waals surface area contributed by atoms with Crippen molar-refractivity contribution in [1.82, 2.24) is 19.6 Å². The van der Waals surface area contributed by atoms with Crippen molar-refractivity contribution in [2.24, 2.45) is 0 Å². The molecule has 2 aliphatic heterocycles. The Kier molecular flexibility index (Phi) is 4.98. The van der Waals surface area contributed by atoms with E-state index in [0.717, 1.165) is 33.1 Å². The van der Waals surface area contributed by atoms with Crippen molar-refractivity contribution < 1.29 is 14.4 Å². The minimum Gasteiger partial charge on any atom is -0.365 e. The molecule has 0 aliphatic carbocycles. The molecule has 6 rings (SSSR count). The van der Waals surface area contributed by atoms with Gasteiger partial charge >= 0.3 is 0 Å². The summed E-state index contributed by atoms with van der Waals surface area (Å²) in [6, 6.07) is 11.4. The molecule has 0 bridgehead atoms. The molecule has 1 saturated heterocycles. The van der Waals surface area contributed by atoms with Crippen molar-refractivity contribution in [1.29, 1.82) is 0 Å². The SMILES string of the molecule is Cc1cccc2sc3nc(-c4ccc5c(c4)CN(C4CCC(=O)NC4=O)C5=O)c(NC(C)(C)C)n3c12. The molecule has 0 radical (unpaired) electrons. The summed E-state index contributed by atoms with van der Waals surface area (Å²) in [7, 11) is 0. The molecule has 2 aromatic carbocycles. The van der Waals surface area contributed by atoms with Gasteiger partial charge in [-0.2, -0.15) is 0 Å². The maximum Gasteiger partial charge on any atom is 0.255 e. The van der Waals surface area contributed by atoms with E-state index in [9.17, 15) is 14.4 Å². The van der Waals surface area contributed by atoms with Crippen LogP contribution in [-0.2, 0) is 16.1 Å². The molecule has 8 nitrogen and oxygen atoms in total. The minimum atomic E-state index is -0.628. The molecule has 184 valence electrons. The number of imide groups is 1. The summed E-state index contributed by atoms with van der Waals surface area (Å²) >= 11 is 1.65. The number of anilines is 1. The minimum absolute atomic E-state index is 0.175. The number of benzene rings is 2. The van der Waals surface area contributed by atoms with E-state index in [4.69, 9.17) is 4.98 Å². The second-order valence-electron chi connectivity index (χ2n) is 10.6. The Hall–Kier alpha value is -3.72. The van der Waals surface area contributed by atoms with E-state index in [-0.39, 0.29) is 23.8 Å². The zero-order valence-electron chi connectivity index (χ0n) is 20.6. The highest BCUT2D eigenvalue weighted by Crippen LogP contribution is 2.39. The average molecular weight is 502 g/mol. The van der Waals surface area contributed by atoms with Gasteiger partial charge in [0.25, 0.3) is 5.91 Å². The number of para-hydroxylation sites is 1. The monoisotopic (exact) mass is 501 g/mol. The predicted octanol–water partition coefficient (Wildman–Crippen LogP) is 4.50. The lowest BCUT2D eigenvalue weighted by molar-refractivity contribution is -0.136. The van der Waals surface area contributed by atoms with Gasteiger partial charge < -0.3 is 10.2 Å². The van der Waals surface area contributed by atoms with E-state index < -0.39 is 11.9 Å². The summed E-state index contributed by atoms with van der Waals surface area (Å²) in [5.74, 6) is 0.0563. The molecular formula is C27H27N5O3S. The first-order valence-electron chi connectivity index (χ1n) is 12.1. The molecule has 0 spiro atoms. The standard InChI is InChI=1S/C27H27N5O3S/c1-14-6-5-7-19-22(14)32-23(30-27(2,3)4)21(29-26(32)36-19)15-8-9-17-16(12-15)13-31(25(17)35)18-10-11-20(33)28-24(18)34/h5-9,12,18,30H,10-11,13H2,1-4H3,(H,28,33,34). The first-order chi connectivity index (χ1) is 17.1. The highest BCUT2D eigenvalue weighted by Gasteiger charge is 2.39. The predicted molar refractivity (Wildman–Crippen MR) is 140 cm³/mol. The molecule has 2 N–H and O–H groups in total. The fraction of sp³-hybridized carbons (Fsp3) is 0.333. The van der Waals surface area contributed by atoms with Crippen LogP contribution in [-0.4, -0.2) is 43.6 Å². The van der Waals surface area contributed by atoms with Crippen molar-refractivity contribution >= 4 is 50.1 Å². The van der Waals surface area contributed by atoms with Gasteiger partial charge in [-0.1, -0.05) is 29.5 Å². The van der Waals surface area contributed by atoms with Crippen LogP contribution in [0.4, 0.5) is 5.82 Å². The number of aryl methyl sites for hydroxylation is 1. The lowest BCUT2D eigenvalue weighted by Crippen LogP contribution is -2.52. The van der Waals surface area contributed by atoms with Gasteiger partial charge in [-0.15, -0.1) is 0 Å². The Bertz CT molecular complexity index is 1590. The van der Waals surface area contributed by atoms with Crippen LogP contribution in [0.5, 0.6) is 0 Å². The number of piperidine rings is 1. The second-order valence-corrected chi connectivity index (χ2v) is 11.6. The number of aromatic nitrogens is 2. The van der Waals surface area contributed by atoms with Gasteiger partial charge in [0.1, 0.15) is 17.6 Å². The summed E-state index contributed by atoms with van der Waals surface area (Å²) in [6.07, 6.45) is 0.586. The van der Waals surface area contributed by atoms with Crippen LogP contribution in [0.1, 0.15) is 55.1 Å². The van der Waals surface area contributed by atoms with Crippen LogP contribution in [0.25, 0.3) is 26.4 Å². The van der Waals surface area contributed by atoms with Gasteiger partial charge in [-0.3, -0.25) is 24.1 Å². The van der Waals surface area contributed by atoms with E-state index >= 15 is 0 Å². The number of carbonyl (C=O) groups is 3. The van der Waals surface area contributed by atoms with Crippen molar-refractivity contribution in [3.8, 4) is 11.3 Å². The summed E-state index contributed by atoms with van der Waals surface area (Å²) in [6.45, 7) is 8.81. The molecule has 0 saturated carbocycles. The summed E-state index contributed by atoms with van der Waals surface area (Å²) in [5, 5.41) is 6.03. The van der Waals surface area contributed by atoms with Crippen LogP contribution in [0, 0.1) is 6.92 Å². The number of nitrogens with zero attached hydrogens (tertiary/aromatic N) is 3. The van der Waals surface area contributed by atoms with Crippen LogP contribution in [0.15, 0.2) is 36.4 Å².